The zero-order valence-electron chi connectivity index (χ0n) is 31.7. The normalized spacial score (nSPS) is 22.7. The summed E-state index contributed by atoms with van der Waals surface area (Å²) in [5, 5.41) is 0. The summed E-state index contributed by atoms with van der Waals surface area (Å²) in [6, 6.07) is 27.1. The Kier molecular flexibility index (Phi) is 6.51. The van der Waals surface area contributed by atoms with Gasteiger partial charge in [-0.25, -0.2) is 0 Å². The van der Waals surface area contributed by atoms with Gasteiger partial charge in [0.15, 0.2) is 0 Å². The van der Waals surface area contributed by atoms with Crippen molar-refractivity contribution in [3.8, 4) is 0 Å². The molecule has 3 heterocycles. The topological polar surface area (TPSA) is 6.48 Å². The first-order valence-electron chi connectivity index (χ1n) is 18.5. The van der Waals surface area contributed by atoms with Gasteiger partial charge in [-0.05, 0) is 117 Å². The number of rotatable bonds is 1. The molecule has 0 saturated heterocycles. The van der Waals surface area contributed by atoms with Crippen molar-refractivity contribution >= 4 is 51.5 Å². The van der Waals surface area contributed by atoms with Gasteiger partial charge in [-0.1, -0.05) is 118 Å². The van der Waals surface area contributed by atoms with Gasteiger partial charge in [-0.2, -0.15) is 0 Å². The SMILES string of the molecule is Cc1cc2c3c(c1)N1c4c(cc(C(C)(C)C)cc4C4(C)CCCCC14C)B3c1cc(C(C)(C)C)ccc1N2c1ccc(C(C)(C)C)cc1. The fraction of sp³-hybridized carbons (Fsp3) is 0.467. The number of anilines is 5. The molecule has 2 unspecified atom stereocenters. The predicted molar refractivity (Wildman–Crippen MR) is 209 cm³/mol. The summed E-state index contributed by atoms with van der Waals surface area (Å²) in [5.41, 5.74) is 18.8. The molecule has 248 valence electrons. The van der Waals surface area contributed by atoms with Crippen LogP contribution < -0.4 is 26.2 Å². The molecule has 48 heavy (non-hydrogen) atoms. The Morgan fingerprint density at radius 2 is 1.19 bits per heavy atom. The van der Waals surface area contributed by atoms with Crippen molar-refractivity contribution in [2.24, 2.45) is 0 Å². The molecule has 0 spiro atoms. The fourth-order valence-corrected chi connectivity index (χ4v) is 9.77. The van der Waals surface area contributed by atoms with E-state index in [9.17, 15) is 0 Å². The van der Waals surface area contributed by atoms with E-state index in [2.05, 4.69) is 160 Å². The number of fused-ring (bicyclic) bond motifs is 7. The zero-order valence-corrected chi connectivity index (χ0v) is 31.7. The van der Waals surface area contributed by atoms with E-state index >= 15 is 0 Å². The average molecular weight is 635 g/mol. The Morgan fingerprint density at radius 3 is 1.83 bits per heavy atom. The zero-order chi connectivity index (χ0) is 34.3. The van der Waals surface area contributed by atoms with E-state index in [1.165, 1.54) is 92.8 Å². The molecule has 0 bridgehead atoms. The van der Waals surface area contributed by atoms with Gasteiger partial charge < -0.3 is 9.80 Å². The minimum atomic E-state index is 0.0259. The molecule has 0 N–H and O–H groups in total. The van der Waals surface area contributed by atoms with Gasteiger partial charge in [-0.3, -0.25) is 0 Å². The molecule has 0 radical (unpaired) electrons. The van der Waals surface area contributed by atoms with Gasteiger partial charge in [0.05, 0.1) is 5.54 Å². The van der Waals surface area contributed by atoms with E-state index in [1.807, 2.05) is 0 Å². The van der Waals surface area contributed by atoms with Gasteiger partial charge in [0.2, 0.25) is 0 Å². The minimum Gasteiger partial charge on any atom is -0.335 e. The molecule has 1 saturated carbocycles. The molecule has 4 aromatic carbocycles. The van der Waals surface area contributed by atoms with Crippen LogP contribution in [-0.4, -0.2) is 12.3 Å². The van der Waals surface area contributed by atoms with E-state index in [4.69, 9.17) is 0 Å². The number of nitrogens with zero attached hydrogens (tertiary/aromatic N) is 2. The number of hydrogen-bond acceptors (Lipinski definition) is 2. The molecular weight excluding hydrogens is 579 g/mol. The highest BCUT2D eigenvalue weighted by Gasteiger charge is 2.61. The maximum atomic E-state index is 2.87. The van der Waals surface area contributed by atoms with Crippen molar-refractivity contribution in [2.75, 3.05) is 9.80 Å². The Morgan fingerprint density at radius 1 is 0.604 bits per heavy atom. The fourth-order valence-electron chi connectivity index (χ4n) is 9.77. The van der Waals surface area contributed by atoms with Crippen LogP contribution in [0, 0.1) is 6.92 Å². The monoisotopic (exact) mass is 634 g/mol. The summed E-state index contributed by atoms with van der Waals surface area (Å²) in [6.07, 6.45) is 5.06. The number of aryl methyl sites for hydroxylation is 1. The first kappa shape index (κ1) is 31.8. The van der Waals surface area contributed by atoms with Gasteiger partial charge in [0.1, 0.15) is 0 Å². The van der Waals surface area contributed by atoms with E-state index in [0.717, 1.165) is 0 Å². The van der Waals surface area contributed by atoms with Crippen LogP contribution in [0.1, 0.15) is 130 Å². The Labute approximate surface area is 291 Å². The van der Waals surface area contributed by atoms with Crippen molar-refractivity contribution in [2.45, 2.75) is 136 Å². The number of benzene rings is 4. The standard InChI is InChI=1S/C45H55BN2/c1-28-23-37-39-38(24-28)48-40-33(44(11)21-13-14-22-45(44,48)12)25-31(43(8,9)10)27-35(40)46(39)34-26-30(42(5,6)7)17-20-36(34)47(37)32-18-15-29(16-19-32)41(2,3)4/h15-20,23-27H,13-14,21-22H2,1-12H3. The van der Waals surface area contributed by atoms with Crippen LogP contribution in [-0.2, 0) is 21.7 Å². The second kappa shape index (κ2) is 9.83. The van der Waals surface area contributed by atoms with Crippen molar-refractivity contribution in [1.29, 1.82) is 0 Å². The van der Waals surface area contributed by atoms with E-state index in [1.54, 1.807) is 5.56 Å². The summed E-state index contributed by atoms with van der Waals surface area (Å²) in [7, 11) is 0. The minimum absolute atomic E-state index is 0.0259. The van der Waals surface area contributed by atoms with Crippen LogP contribution in [0.15, 0.2) is 66.7 Å². The molecule has 3 heteroatoms. The lowest BCUT2D eigenvalue weighted by Crippen LogP contribution is -2.64. The third-order valence-corrected chi connectivity index (χ3v) is 12.9. The molecule has 2 nitrogen and oxygen atoms in total. The van der Waals surface area contributed by atoms with Crippen LogP contribution in [0.2, 0.25) is 0 Å². The summed E-state index contributed by atoms with van der Waals surface area (Å²) < 4.78 is 0. The van der Waals surface area contributed by atoms with Crippen LogP contribution >= 0.6 is 0 Å². The molecule has 1 aliphatic carbocycles. The highest BCUT2D eigenvalue weighted by molar-refractivity contribution is 7.00. The molecule has 3 aliphatic heterocycles. The summed E-state index contributed by atoms with van der Waals surface area (Å²) in [5.74, 6) is 0. The van der Waals surface area contributed by atoms with Gasteiger partial charge in [0, 0.05) is 33.9 Å². The average Bonchev–Trinajstić information content (AvgIpc) is 3.21. The number of hydrogen-bond donors (Lipinski definition) is 0. The maximum absolute atomic E-state index is 2.87. The first-order chi connectivity index (χ1) is 22.3. The predicted octanol–water partition coefficient (Wildman–Crippen LogP) is 10.2. The molecule has 0 aromatic heterocycles. The smallest absolute Gasteiger partial charge is 0.252 e. The summed E-state index contributed by atoms with van der Waals surface area (Å²) >= 11 is 0. The molecular formula is C45H55BN2. The molecule has 0 amide bonds. The van der Waals surface area contributed by atoms with Gasteiger partial charge >= 0.3 is 0 Å². The third kappa shape index (κ3) is 4.24. The highest BCUT2D eigenvalue weighted by Crippen LogP contribution is 2.62. The highest BCUT2D eigenvalue weighted by atomic mass is 15.3. The van der Waals surface area contributed by atoms with Gasteiger partial charge in [-0.15, -0.1) is 0 Å². The second-order valence-corrected chi connectivity index (χ2v) is 19.2. The third-order valence-electron chi connectivity index (χ3n) is 12.9. The van der Waals surface area contributed by atoms with Crippen molar-refractivity contribution in [1.82, 2.24) is 0 Å². The molecule has 2 atom stereocenters. The van der Waals surface area contributed by atoms with Crippen LogP contribution in [0.3, 0.4) is 0 Å². The molecule has 8 rings (SSSR count). The lowest BCUT2D eigenvalue weighted by molar-refractivity contribution is 0.195. The lowest BCUT2D eigenvalue weighted by atomic mass is 9.33. The Bertz CT molecular complexity index is 1980. The largest absolute Gasteiger partial charge is 0.335 e. The van der Waals surface area contributed by atoms with Crippen molar-refractivity contribution in [3.05, 3.63) is 94.5 Å². The maximum Gasteiger partial charge on any atom is 0.252 e. The summed E-state index contributed by atoms with van der Waals surface area (Å²) in [4.78, 5) is 5.46. The first-order valence-corrected chi connectivity index (χ1v) is 18.5. The van der Waals surface area contributed by atoms with Crippen molar-refractivity contribution in [3.63, 3.8) is 0 Å². The molecule has 1 fully saturated rings. The van der Waals surface area contributed by atoms with E-state index in [0.29, 0.717) is 0 Å². The van der Waals surface area contributed by atoms with E-state index in [-0.39, 0.29) is 33.9 Å². The lowest BCUT2D eigenvalue weighted by Gasteiger charge is -2.53. The Balaban J connectivity index is 1.50. The van der Waals surface area contributed by atoms with E-state index < -0.39 is 0 Å². The molecule has 4 aliphatic rings. The Hall–Kier alpha value is -3.46. The molecule has 4 aromatic rings. The quantitative estimate of drug-likeness (QED) is 0.169. The van der Waals surface area contributed by atoms with Crippen LogP contribution in [0.25, 0.3) is 0 Å². The van der Waals surface area contributed by atoms with Gasteiger partial charge in [0.25, 0.3) is 6.71 Å². The van der Waals surface area contributed by atoms with Crippen molar-refractivity contribution < 1.29 is 0 Å². The van der Waals surface area contributed by atoms with Crippen LogP contribution in [0.4, 0.5) is 28.4 Å². The van der Waals surface area contributed by atoms with Crippen LogP contribution in [0.5, 0.6) is 0 Å². The summed E-state index contributed by atoms with van der Waals surface area (Å²) in [6.45, 7) is 28.9. The second-order valence-electron chi connectivity index (χ2n) is 19.2.